The Morgan fingerprint density at radius 2 is 1.89 bits per heavy atom. The standard InChI is InChI=1S/C20H17FN6O/c1-13-2-4-14(5-3-13)11-27-12-22-20(26-27)23-19(28)18-10-17(24-25-18)15-6-8-16(21)9-7-15/h2-10,12H,11H2,1H3,(H,24,25)(H,23,26,28). The third-order valence-electron chi connectivity index (χ3n) is 4.19. The van der Waals surface area contributed by atoms with E-state index < -0.39 is 5.91 Å². The number of aromatic amines is 1. The second-order valence-electron chi connectivity index (χ2n) is 6.38. The molecule has 2 aromatic carbocycles. The lowest BCUT2D eigenvalue weighted by Gasteiger charge is -2.01. The Balaban J connectivity index is 1.42. The second-order valence-corrected chi connectivity index (χ2v) is 6.38. The Bertz CT molecular complexity index is 1100. The van der Waals surface area contributed by atoms with E-state index in [1.807, 2.05) is 31.2 Å². The van der Waals surface area contributed by atoms with Gasteiger partial charge in [0.25, 0.3) is 5.91 Å². The molecule has 0 aliphatic rings. The zero-order valence-corrected chi connectivity index (χ0v) is 15.1. The van der Waals surface area contributed by atoms with Crippen molar-refractivity contribution in [3.8, 4) is 11.3 Å². The van der Waals surface area contributed by atoms with E-state index in [4.69, 9.17) is 0 Å². The highest BCUT2D eigenvalue weighted by Crippen LogP contribution is 2.18. The molecule has 0 unspecified atom stereocenters. The first-order valence-electron chi connectivity index (χ1n) is 8.64. The lowest BCUT2D eigenvalue weighted by atomic mass is 10.1. The van der Waals surface area contributed by atoms with Crippen molar-refractivity contribution in [2.45, 2.75) is 13.5 Å². The molecule has 0 bridgehead atoms. The maximum atomic E-state index is 13.0. The normalized spacial score (nSPS) is 10.8. The van der Waals surface area contributed by atoms with Crippen LogP contribution in [0.2, 0.25) is 0 Å². The number of benzene rings is 2. The molecule has 0 radical (unpaired) electrons. The summed E-state index contributed by atoms with van der Waals surface area (Å²) in [5.74, 6) is -0.534. The van der Waals surface area contributed by atoms with Crippen molar-refractivity contribution in [3.63, 3.8) is 0 Å². The van der Waals surface area contributed by atoms with Gasteiger partial charge in [0.1, 0.15) is 17.8 Å². The average Bonchev–Trinajstić information content (AvgIpc) is 3.34. The fraction of sp³-hybridized carbons (Fsp3) is 0.100. The van der Waals surface area contributed by atoms with Crippen molar-refractivity contribution in [2.24, 2.45) is 0 Å². The SMILES string of the molecule is Cc1ccc(Cn2cnc(NC(=O)c3cc(-c4ccc(F)cc4)n[nH]3)n2)cc1. The van der Waals surface area contributed by atoms with Crippen LogP contribution in [0, 0.1) is 12.7 Å². The summed E-state index contributed by atoms with van der Waals surface area (Å²) in [6, 6.07) is 15.6. The summed E-state index contributed by atoms with van der Waals surface area (Å²) in [5, 5.41) is 13.7. The van der Waals surface area contributed by atoms with Crippen LogP contribution in [0.25, 0.3) is 11.3 Å². The Hall–Kier alpha value is -3.81. The molecule has 2 aromatic heterocycles. The highest BCUT2D eigenvalue weighted by molar-refractivity contribution is 6.02. The van der Waals surface area contributed by atoms with E-state index in [1.54, 1.807) is 29.2 Å². The minimum Gasteiger partial charge on any atom is -0.288 e. The summed E-state index contributed by atoms with van der Waals surface area (Å²) in [5.41, 5.74) is 3.79. The van der Waals surface area contributed by atoms with Gasteiger partial charge in [0.2, 0.25) is 5.95 Å². The molecule has 0 aliphatic heterocycles. The smallest absolute Gasteiger partial charge is 0.276 e. The molecule has 4 aromatic rings. The van der Waals surface area contributed by atoms with Crippen LogP contribution in [-0.2, 0) is 6.54 Å². The van der Waals surface area contributed by atoms with E-state index in [9.17, 15) is 9.18 Å². The van der Waals surface area contributed by atoms with Crippen molar-refractivity contribution < 1.29 is 9.18 Å². The van der Waals surface area contributed by atoms with Crippen LogP contribution in [0.15, 0.2) is 60.9 Å². The van der Waals surface area contributed by atoms with Crippen molar-refractivity contribution in [2.75, 3.05) is 5.32 Å². The first-order chi connectivity index (χ1) is 13.6. The topological polar surface area (TPSA) is 88.5 Å². The van der Waals surface area contributed by atoms with Crippen LogP contribution in [0.4, 0.5) is 10.3 Å². The van der Waals surface area contributed by atoms with Crippen LogP contribution in [0.3, 0.4) is 0 Å². The predicted molar refractivity (Wildman–Crippen MR) is 102 cm³/mol. The zero-order chi connectivity index (χ0) is 19.5. The Labute approximate surface area is 160 Å². The molecule has 0 saturated heterocycles. The fourth-order valence-electron chi connectivity index (χ4n) is 2.68. The fourth-order valence-corrected chi connectivity index (χ4v) is 2.68. The second kappa shape index (κ2) is 7.43. The van der Waals surface area contributed by atoms with E-state index >= 15 is 0 Å². The third-order valence-corrected chi connectivity index (χ3v) is 4.19. The molecule has 28 heavy (non-hydrogen) atoms. The van der Waals surface area contributed by atoms with Gasteiger partial charge in [0.15, 0.2) is 0 Å². The third kappa shape index (κ3) is 3.96. The van der Waals surface area contributed by atoms with Gasteiger partial charge in [0.05, 0.1) is 12.2 Å². The van der Waals surface area contributed by atoms with Gasteiger partial charge in [-0.15, -0.1) is 5.10 Å². The van der Waals surface area contributed by atoms with Gasteiger partial charge in [-0.25, -0.2) is 14.1 Å². The lowest BCUT2D eigenvalue weighted by Crippen LogP contribution is -2.14. The predicted octanol–water partition coefficient (Wildman–Crippen LogP) is 3.42. The summed E-state index contributed by atoms with van der Waals surface area (Å²) in [6.07, 6.45) is 1.56. The first-order valence-corrected chi connectivity index (χ1v) is 8.64. The monoisotopic (exact) mass is 376 g/mol. The Kier molecular flexibility index (Phi) is 4.67. The lowest BCUT2D eigenvalue weighted by molar-refractivity contribution is 0.102. The summed E-state index contributed by atoms with van der Waals surface area (Å²) in [4.78, 5) is 16.5. The van der Waals surface area contributed by atoms with Crippen molar-refractivity contribution in [1.29, 1.82) is 0 Å². The number of halogens is 1. The van der Waals surface area contributed by atoms with Gasteiger partial charge in [-0.3, -0.25) is 15.2 Å². The number of nitrogens with one attached hydrogen (secondary N) is 2. The number of rotatable bonds is 5. The summed E-state index contributed by atoms with van der Waals surface area (Å²) in [7, 11) is 0. The quantitative estimate of drug-likeness (QED) is 0.559. The molecule has 0 saturated carbocycles. The van der Waals surface area contributed by atoms with E-state index in [1.165, 1.54) is 17.7 Å². The highest BCUT2D eigenvalue weighted by Gasteiger charge is 2.13. The van der Waals surface area contributed by atoms with Crippen molar-refractivity contribution in [1.82, 2.24) is 25.0 Å². The maximum Gasteiger partial charge on any atom is 0.276 e. The van der Waals surface area contributed by atoms with Gasteiger partial charge in [0, 0.05) is 5.56 Å². The van der Waals surface area contributed by atoms with Crippen molar-refractivity contribution in [3.05, 3.63) is 83.6 Å². The molecular formula is C20H17FN6O. The molecular weight excluding hydrogens is 359 g/mol. The van der Waals surface area contributed by atoms with E-state index in [-0.39, 0.29) is 17.5 Å². The Morgan fingerprint density at radius 3 is 2.64 bits per heavy atom. The number of aryl methyl sites for hydroxylation is 1. The van der Waals surface area contributed by atoms with Gasteiger partial charge >= 0.3 is 0 Å². The van der Waals surface area contributed by atoms with Crippen LogP contribution >= 0.6 is 0 Å². The highest BCUT2D eigenvalue weighted by atomic mass is 19.1. The van der Waals surface area contributed by atoms with Gasteiger partial charge in [-0.2, -0.15) is 5.10 Å². The maximum absolute atomic E-state index is 13.0. The molecule has 140 valence electrons. The number of hydrogen-bond donors (Lipinski definition) is 2. The van der Waals surface area contributed by atoms with Gasteiger partial charge in [-0.1, -0.05) is 29.8 Å². The summed E-state index contributed by atoms with van der Waals surface area (Å²) in [6.45, 7) is 2.59. The molecule has 4 rings (SSSR count). The molecule has 0 aliphatic carbocycles. The molecule has 8 heteroatoms. The summed E-state index contributed by atoms with van der Waals surface area (Å²) < 4.78 is 14.7. The largest absolute Gasteiger partial charge is 0.288 e. The number of carbonyl (C=O) groups excluding carboxylic acids is 1. The molecule has 2 N–H and O–H groups in total. The minimum absolute atomic E-state index is 0.204. The van der Waals surface area contributed by atoms with Crippen LogP contribution in [0.5, 0.6) is 0 Å². The summed E-state index contributed by atoms with van der Waals surface area (Å²) >= 11 is 0. The zero-order valence-electron chi connectivity index (χ0n) is 15.1. The minimum atomic E-state index is -0.408. The van der Waals surface area contributed by atoms with Crippen LogP contribution in [-0.4, -0.2) is 30.9 Å². The number of H-pyrrole nitrogens is 1. The Morgan fingerprint density at radius 1 is 1.14 bits per heavy atom. The number of hydrogen-bond acceptors (Lipinski definition) is 4. The van der Waals surface area contributed by atoms with Crippen LogP contribution in [0.1, 0.15) is 21.6 Å². The number of nitrogens with zero attached hydrogens (tertiary/aromatic N) is 4. The molecule has 1 amide bonds. The molecule has 7 nitrogen and oxygen atoms in total. The van der Waals surface area contributed by atoms with E-state index in [0.717, 1.165) is 5.56 Å². The van der Waals surface area contributed by atoms with Crippen LogP contribution < -0.4 is 5.32 Å². The van der Waals surface area contributed by atoms with Gasteiger partial charge in [-0.05, 0) is 42.8 Å². The molecule has 2 heterocycles. The number of carbonyl (C=O) groups is 1. The van der Waals surface area contributed by atoms with Crippen molar-refractivity contribution >= 4 is 11.9 Å². The first kappa shape index (κ1) is 17.6. The molecule has 0 atom stereocenters. The average molecular weight is 376 g/mol. The van der Waals surface area contributed by atoms with E-state index in [2.05, 4.69) is 25.6 Å². The van der Waals surface area contributed by atoms with E-state index in [0.29, 0.717) is 17.8 Å². The number of aromatic nitrogens is 5. The van der Waals surface area contributed by atoms with Gasteiger partial charge < -0.3 is 0 Å². The molecule has 0 fully saturated rings. The number of anilines is 1. The molecule has 0 spiro atoms. The number of amides is 1.